The van der Waals surface area contributed by atoms with Gasteiger partial charge in [0.05, 0.1) is 61.2 Å². The summed E-state index contributed by atoms with van der Waals surface area (Å²) in [7, 11) is 1.25. The van der Waals surface area contributed by atoms with Gasteiger partial charge in [0.25, 0.3) is 23.6 Å². The van der Waals surface area contributed by atoms with Gasteiger partial charge in [0.2, 0.25) is 11.8 Å². The maximum absolute atomic E-state index is 14.5. The third-order valence-electron chi connectivity index (χ3n) is 16.4. The van der Waals surface area contributed by atoms with E-state index in [9.17, 15) is 157 Å². The van der Waals surface area contributed by atoms with E-state index in [2.05, 4.69) is 10.6 Å². The quantitative estimate of drug-likeness (QED) is 0.0209. The number of alkyl halides is 18. The van der Waals surface area contributed by atoms with Gasteiger partial charge in [-0.05, 0) is 157 Å². The van der Waals surface area contributed by atoms with Crippen molar-refractivity contribution in [3.05, 3.63) is 265 Å². The molecule has 9 rings (SSSR count). The summed E-state index contributed by atoms with van der Waals surface area (Å²) >= 11 is 0. The van der Waals surface area contributed by atoms with Crippen LogP contribution in [0.3, 0.4) is 0 Å². The molecular weight excluding hydrogens is 1680 g/mol. The van der Waals surface area contributed by atoms with Crippen molar-refractivity contribution in [3.8, 4) is 45.3 Å². The summed E-state index contributed by atoms with van der Waals surface area (Å²) in [6.45, 7) is 1.27. The van der Waals surface area contributed by atoms with Crippen LogP contribution in [0, 0.1) is 6.92 Å². The number of aliphatic carboxylic acids is 2. The van der Waals surface area contributed by atoms with Crippen LogP contribution in [0.5, 0.6) is 23.0 Å². The summed E-state index contributed by atoms with van der Waals surface area (Å²) in [4.78, 5) is 146. The monoisotopic (exact) mass is 1730 g/mol. The molecule has 122 heavy (non-hydrogen) atoms. The second-order valence-corrected chi connectivity index (χ2v) is 24.8. The van der Waals surface area contributed by atoms with Gasteiger partial charge >= 0.3 is 72.9 Å². The zero-order chi connectivity index (χ0) is 91.0. The largest absolute Gasteiger partial charge is 0.478 e. The number of carbonyl (C=O) groups is 12. The highest BCUT2D eigenvalue weighted by Crippen LogP contribution is 2.49. The number of halogens is 18. The number of carbonyl (C=O) groups excluding carboxylic acids is 6. The van der Waals surface area contributed by atoms with Gasteiger partial charge in [-0.1, -0.05) is 35.9 Å². The Labute approximate surface area is 667 Å². The molecule has 9 aromatic rings. The molecule has 0 aliphatic carbocycles. The van der Waals surface area contributed by atoms with E-state index in [4.69, 9.17) is 19.7 Å². The van der Waals surface area contributed by atoms with E-state index in [0.717, 1.165) is 48.5 Å². The Balaban J connectivity index is 0.000000311. The fourth-order valence-corrected chi connectivity index (χ4v) is 11.0. The number of hydrogen-bond acceptors (Lipinski definition) is 14. The summed E-state index contributed by atoms with van der Waals surface area (Å²) < 4.78 is 264. The molecule has 0 bridgehead atoms. The number of carboxylic acids is 6. The molecule has 0 heterocycles. The smallest absolute Gasteiger partial charge is 0.420 e. The minimum absolute atomic E-state index is 0.0781. The summed E-state index contributed by atoms with van der Waals surface area (Å²) in [5, 5.41) is 68.1. The van der Waals surface area contributed by atoms with Crippen LogP contribution in [0.1, 0.15) is 122 Å². The fourth-order valence-electron chi connectivity index (χ4n) is 11.0. The van der Waals surface area contributed by atoms with E-state index < -0.39 is 238 Å². The van der Waals surface area contributed by atoms with Crippen molar-refractivity contribution < 1.29 is 177 Å². The van der Waals surface area contributed by atoms with Crippen LogP contribution in [-0.2, 0) is 56.2 Å². The molecular formula is C78H48F18N6O20. The molecule has 0 aliphatic heterocycles. The van der Waals surface area contributed by atoms with E-state index in [-0.39, 0.29) is 52.1 Å². The van der Waals surface area contributed by atoms with Crippen molar-refractivity contribution in [2.75, 3.05) is 33.6 Å². The summed E-state index contributed by atoms with van der Waals surface area (Å²) in [6, 6.07) is 17.6. The van der Waals surface area contributed by atoms with Crippen LogP contribution in [0.4, 0.5) is 107 Å². The zero-order valence-corrected chi connectivity index (χ0v) is 60.5. The predicted octanol–water partition coefficient (Wildman–Crippen LogP) is 17.8. The highest BCUT2D eigenvalue weighted by atomic mass is 19.4. The van der Waals surface area contributed by atoms with E-state index in [1.807, 2.05) is 21.3 Å². The average Bonchev–Trinajstić information content (AvgIpc) is 0.780. The molecule has 0 aliphatic rings. The van der Waals surface area contributed by atoms with Crippen LogP contribution in [0.25, 0.3) is 22.3 Å². The van der Waals surface area contributed by atoms with Crippen molar-refractivity contribution >= 4 is 99.7 Å². The Hall–Kier alpha value is -15.6. The standard InChI is InChI=1S/C43H25F12N3O10.C35H23F6N3O10/c1-18-2-8-32(30(12-18)42(50,51)52)68-33-9-5-21(15-31(33)43(53,54)55)58-37(63)25-16-24(26(38(64)65)17-27(25)39(66)67)36(62)57-20-4-7-23(29(14-20)41(47,48)49)22-6-3-19(13-28(22)40(44,45)46)56-34(59)10-11-35(60)61;1-42-30(48)22-12-16(2-6-20(22)32(50)51)17-3-7-21(33(52)53)23(13-17)31(49)44-19-5-9-27(25(15-19)35(39,40)41)54-26-8-4-18(14-24(26)34(36,37)38)43-28(45)10-11-29(46)47/h2-17H,1H3,(H,56,59)(H,57,62)(H,58,63)(H,60,61)(H,64,65)(H,66,67);2-15H,1H3,(H,42,48)(H,43,45)(H,44,49)(H,46,47)(H,50,51)(H,52,53)/b2*11-10-. The van der Waals surface area contributed by atoms with E-state index in [0.29, 0.717) is 91.0 Å². The van der Waals surface area contributed by atoms with Crippen LogP contribution < -0.4 is 41.4 Å². The molecule has 26 nitrogen and oxygen atoms in total. The van der Waals surface area contributed by atoms with Crippen molar-refractivity contribution in [3.63, 3.8) is 0 Å². The van der Waals surface area contributed by atoms with Crippen LogP contribution >= 0.6 is 0 Å². The van der Waals surface area contributed by atoms with Gasteiger partial charge in [0.15, 0.2) is 0 Å². The minimum atomic E-state index is -5.49. The first-order valence-electron chi connectivity index (χ1n) is 33.1. The highest BCUT2D eigenvalue weighted by molar-refractivity contribution is 6.17. The third-order valence-corrected chi connectivity index (χ3v) is 16.4. The first-order chi connectivity index (χ1) is 56.5. The molecule has 0 fully saturated rings. The SMILES string of the molecule is CNC(=O)c1cc(-c2ccc(C(=O)O)c(C(=O)Nc3ccc(Oc4ccc(NC(=O)/C=C\C(=O)O)cc4C(F)(F)F)c(C(F)(F)F)c3)c2)ccc1C(=O)O.Cc1ccc(Oc2ccc(NC(=O)c3cc(C(=O)Nc4ccc(-c5ccc(NC(=O)/C=C\C(=O)O)cc5C(F)(F)F)c(C(F)(F)F)c4)c(C(=O)O)cc3C(=O)O)cc2C(F)(F)F)c(C(F)(F)F)c1. The Bertz CT molecular complexity index is 5850. The van der Waals surface area contributed by atoms with Gasteiger partial charge in [-0.2, -0.15) is 79.0 Å². The van der Waals surface area contributed by atoms with E-state index in [1.54, 1.807) is 0 Å². The molecule has 9 aromatic carbocycles. The number of aromatic carboxylic acids is 4. The van der Waals surface area contributed by atoms with Crippen molar-refractivity contribution in [2.24, 2.45) is 0 Å². The number of rotatable bonds is 23. The maximum atomic E-state index is 14.5. The Morgan fingerprint density at radius 2 is 0.541 bits per heavy atom. The summed E-state index contributed by atoms with van der Waals surface area (Å²) in [5.41, 5.74) is -21.7. The topological polar surface area (TPSA) is 417 Å². The van der Waals surface area contributed by atoms with Crippen molar-refractivity contribution in [1.29, 1.82) is 0 Å². The molecule has 0 radical (unpaired) electrons. The molecule has 12 N–H and O–H groups in total. The molecule has 0 saturated carbocycles. The number of ether oxygens (including phenoxy) is 2. The van der Waals surface area contributed by atoms with Crippen molar-refractivity contribution in [1.82, 2.24) is 5.32 Å². The minimum Gasteiger partial charge on any atom is -0.478 e. The number of aryl methyl sites for hydroxylation is 1. The molecule has 0 saturated heterocycles. The third kappa shape index (κ3) is 23.0. The molecule has 0 aromatic heterocycles. The first-order valence-corrected chi connectivity index (χ1v) is 33.1. The Morgan fingerprint density at radius 1 is 0.279 bits per heavy atom. The average molecular weight is 1730 g/mol. The lowest BCUT2D eigenvalue weighted by Gasteiger charge is -2.20. The number of amides is 6. The second kappa shape index (κ2) is 36.1. The lowest BCUT2D eigenvalue weighted by molar-refractivity contribution is -0.141. The van der Waals surface area contributed by atoms with Crippen LogP contribution in [-0.4, -0.2) is 109 Å². The van der Waals surface area contributed by atoms with E-state index >= 15 is 0 Å². The molecule has 0 spiro atoms. The van der Waals surface area contributed by atoms with Gasteiger partial charge in [0.1, 0.15) is 39.7 Å². The zero-order valence-electron chi connectivity index (χ0n) is 60.5. The number of nitrogens with one attached hydrogen (secondary N) is 6. The maximum Gasteiger partial charge on any atom is 0.420 e. The molecule has 0 atom stereocenters. The second-order valence-electron chi connectivity index (χ2n) is 24.8. The van der Waals surface area contributed by atoms with Gasteiger partial charge in [-0.3, -0.25) is 28.8 Å². The molecule has 0 unspecified atom stereocenters. The van der Waals surface area contributed by atoms with Crippen molar-refractivity contribution in [2.45, 2.75) is 44.0 Å². The Kier molecular flexibility index (Phi) is 27.2. The molecule has 6 amide bonds. The van der Waals surface area contributed by atoms with Crippen LogP contribution in [0.2, 0.25) is 0 Å². The summed E-state index contributed by atoms with van der Waals surface area (Å²) in [6.07, 6.45) is -30.1. The number of carboxylic acid groups (broad SMARTS) is 6. The van der Waals surface area contributed by atoms with Gasteiger partial charge in [-0.15, -0.1) is 0 Å². The van der Waals surface area contributed by atoms with Gasteiger partial charge in [0, 0.05) is 59.8 Å². The Morgan fingerprint density at radius 3 is 0.836 bits per heavy atom. The van der Waals surface area contributed by atoms with Crippen LogP contribution in [0.15, 0.2) is 182 Å². The molecule has 636 valence electrons. The molecule has 44 heteroatoms. The first kappa shape index (κ1) is 92.0. The lowest BCUT2D eigenvalue weighted by atomic mass is 9.93. The van der Waals surface area contributed by atoms with E-state index in [1.165, 1.54) is 32.2 Å². The fraction of sp³-hybridized carbons (Fsp3) is 0.103. The number of hydrogen-bond donors (Lipinski definition) is 12. The van der Waals surface area contributed by atoms with Gasteiger partial charge < -0.3 is 72.0 Å². The summed E-state index contributed by atoms with van der Waals surface area (Å²) in [5.74, 6) is -22.4. The normalized spacial score (nSPS) is 11.8. The number of anilines is 5. The number of benzene rings is 9. The highest BCUT2D eigenvalue weighted by Gasteiger charge is 2.43. The van der Waals surface area contributed by atoms with Gasteiger partial charge in [-0.25, -0.2) is 28.8 Å². The predicted molar refractivity (Wildman–Crippen MR) is 387 cm³/mol. The lowest BCUT2D eigenvalue weighted by Crippen LogP contribution is -2.22.